The lowest BCUT2D eigenvalue weighted by molar-refractivity contribution is -0.146. The Hall–Kier alpha value is -1.58. The molecule has 0 aliphatic rings. The Morgan fingerprint density at radius 1 is 1.42 bits per heavy atom. The van der Waals surface area contributed by atoms with Crippen LogP contribution in [0.25, 0.3) is 0 Å². The zero-order valence-electron chi connectivity index (χ0n) is 11.8. The Bertz CT molecular complexity index is 422. The molecule has 0 aliphatic heterocycles. The van der Waals surface area contributed by atoms with Crippen molar-refractivity contribution in [3.05, 3.63) is 30.1 Å². The fraction of sp³-hybridized carbons (Fsp3) is 0.533. The van der Waals surface area contributed by atoms with Crippen LogP contribution < -0.4 is 5.32 Å². The lowest BCUT2D eigenvalue weighted by Crippen LogP contribution is -2.46. The summed E-state index contributed by atoms with van der Waals surface area (Å²) in [5.74, 6) is -0.622. The van der Waals surface area contributed by atoms with Crippen LogP contribution in [0.3, 0.4) is 0 Å². The van der Waals surface area contributed by atoms with E-state index >= 15 is 0 Å². The number of ether oxygens (including phenoxy) is 1. The van der Waals surface area contributed by atoms with Crippen molar-refractivity contribution in [2.75, 3.05) is 12.4 Å². The zero-order valence-corrected chi connectivity index (χ0v) is 11.8. The van der Waals surface area contributed by atoms with Crippen molar-refractivity contribution in [1.29, 1.82) is 0 Å². The van der Waals surface area contributed by atoms with Crippen molar-refractivity contribution in [3.8, 4) is 0 Å². The van der Waals surface area contributed by atoms with Gasteiger partial charge in [0, 0.05) is 5.69 Å². The fourth-order valence-corrected chi connectivity index (χ4v) is 2.14. The van der Waals surface area contributed by atoms with E-state index in [4.69, 9.17) is 4.74 Å². The monoisotopic (exact) mass is 267 g/mol. The smallest absolute Gasteiger partial charge is 0.331 e. The Balaban J connectivity index is 2.98. The molecule has 1 aromatic rings. The number of unbranched alkanes of at least 4 members (excludes halogenated alkanes) is 1. The highest BCUT2D eigenvalue weighted by Crippen LogP contribution is 2.26. The largest absolute Gasteiger partial charge is 0.467 e. The summed E-state index contributed by atoms with van der Waals surface area (Å²) in [4.78, 5) is 12.1. The number of benzene rings is 1. The van der Waals surface area contributed by atoms with Gasteiger partial charge in [-0.15, -0.1) is 0 Å². The lowest BCUT2D eigenvalue weighted by Gasteiger charge is -2.32. The SMILES string of the molecule is CCCCC(CC)(Nc1cccc(F)c1)C(=O)OC. The summed E-state index contributed by atoms with van der Waals surface area (Å²) in [6.45, 7) is 4.00. The van der Waals surface area contributed by atoms with E-state index in [1.54, 1.807) is 12.1 Å². The second kappa shape index (κ2) is 7.12. The van der Waals surface area contributed by atoms with Crippen molar-refractivity contribution in [2.24, 2.45) is 0 Å². The minimum atomic E-state index is -0.779. The summed E-state index contributed by atoms with van der Waals surface area (Å²) in [5, 5.41) is 3.15. The number of carbonyl (C=O) groups excluding carboxylic acids is 1. The molecule has 0 aromatic heterocycles. The first-order valence-corrected chi connectivity index (χ1v) is 6.70. The fourth-order valence-electron chi connectivity index (χ4n) is 2.14. The highest BCUT2D eigenvalue weighted by atomic mass is 19.1. The van der Waals surface area contributed by atoms with Gasteiger partial charge in [-0.25, -0.2) is 9.18 Å². The van der Waals surface area contributed by atoms with Gasteiger partial charge in [-0.1, -0.05) is 32.8 Å². The molecule has 1 N–H and O–H groups in total. The number of nitrogens with one attached hydrogen (secondary N) is 1. The maximum absolute atomic E-state index is 13.2. The normalized spacial score (nSPS) is 13.7. The topological polar surface area (TPSA) is 38.3 Å². The van der Waals surface area contributed by atoms with E-state index in [0.29, 0.717) is 18.5 Å². The van der Waals surface area contributed by atoms with Crippen LogP contribution in [-0.4, -0.2) is 18.6 Å². The molecule has 1 aromatic carbocycles. The maximum Gasteiger partial charge on any atom is 0.331 e. The van der Waals surface area contributed by atoms with Crippen molar-refractivity contribution >= 4 is 11.7 Å². The minimum Gasteiger partial charge on any atom is -0.467 e. The van der Waals surface area contributed by atoms with Crippen LogP contribution in [0.15, 0.2) is 24.3 Å². The number of carbonyl (C=O) groups is 1. The van der Waals surface area contributed by atoms with Gasteiger partial charge in [0.1, 0.15) is 11.4 Å². The number of anilines is 1. The summed E-state index contributed by atoms with van der Waals surface area (Å²) in [7, 11) is 1.38. The highest BCUT2D eigenvalue weighted by molar-refractivity contribution is 5.84. The first-order valence-electron chi connectivity index (χ1n) is 6.70. The van der Waals surface area contributed by atoms with E-state index in [-0.39, 0.29) is 11.8 Å². The molecule has 1 unspecified atom stereocenters. The van der Waals surface area contributed by atoms with Crippen LogP contribution in [0.1, 0.15) is 39.5 Å². The number of methoxy groups -OCH3 is 1. The molecule has 0 fully saturated rings. The number of hydrogen-bond acceptors (Lipinski definition) is 3. The number of hydrogen-bond donors (Lipinski definition) is 1. The molecule has 0 spiro atoms. The van der Waals surface area contributed by atoms with Gasteiger partial charge < -0.3 is 10.1 Å². The Labute approximate surface area is 114 Å². The van der Waals surface area contributed by atoms with Crippen LogP contribution in [0.5, 0.6) is 0 Å². The average Bonchev–Trinajstić information content (AvgIpc) is 2.42. The van der Waals surface area contributed by atoms with Gasteiger partial charge in [-0.2, -0.15) is 0 Å². The van der Waals surface area contributed by atoms with Crippen LogP contribution in [-0.2, 0) is 9.53 Å². The molecule has 19 heavy (non-hydrogen) atoms. The summed E-state index contributed by atoms with van der Waals surface area (Å²) in [6.07, 6.45) is 3.16. The molecular weight excluding hydrogens is 245 g/mol. The van der Waals surface area contributed by atoms with E-state index in [9.17, 15) is 9.18 Å². The van der Waals surface area contributed by atoms with Gasteiger partial charge in [0.2, 0.25) is 0 Å². The van der Waals surface area contributed by atoms with Crippen molar-refractivity contribution < 1.29 is 13.9 Å². The molecule has 1 atom stereocenters. The number of halogens is 1. The van der Waals surface area contributed by atoms with Crippen molar-refractivity contribution in [2.45, 2.75) is 45.1 Å². The second-order valence-electron chi connectivity index (χ2n) is 4.67. The maximum atomic E-state index is 13.2. The molecule has 0 amide bonds. The summed E-state index contributed by atoms with van der Waals surface area (Å²) in [6, 6.07) is 6.14. The van der Waals surface area contributed by atoms with Crippen LogP contribution in [0.4, 0.5) is 10.1 Å². The van der Waals surface area contributed by atoms with E-state index in [2.05, 4.69) is 12.2 Å². The standard InChI is InChI=1S/C15H22FNO2/c1-4-6-10-15(5-2,14(18)19-3)17-13-9-7-8-12(16)11-13/h7-9,11,17H,4-6,10H2,1-3H3. The molecular formula is C15H22FNO2. The summed E-state index contributed by atoms with van der Waals surface area (Å²) in [5.41, 5.74) is -0.179. The third-order valence-electron chi connectivity index (χ3n) is 3.35. The molecule has 0 heterocycles. The van der Waals surface area contributed by atoms with E-state index in [1.165, 1.54) is 19.2 Å². The van der Waals surface area contributed by atoms with Crippen LogP contribution in [0, 0.1) is 5.82 Å². The first-order chi connectivity index (χ1) is 9.07. The molecule has 0 aliphatic carbocycles. The minimum absolute atomic E-state index is 0.298. The van der Waals surface area contributed by atoms with Gasteiger partial charge >= 0.3 is 5.97 Å². The number of esters is 1. The van der Waals surface area contributed by atoms with Gasteiger partial charge in [0.15, 0.2) is 0 Å². The third-order valence-corrected chi connectivity index (χ3v) is 3.35. The van der Waals surface area contributed by atoms with Crippen molar-refractivity contribution in [1.82, 2.24) is 0 Å². The van der Waals surface area contributed by atoms with E-state index in [0.717, 1.165) is 12.8 Å². The molecule has 106 valence electrons. The third kappa shape index (κ3) is 3.94. The van der Waals surface area contributed by atoms with Crippen LogP contribution >= 0.6 is 0 Å². The van der Waals surface area contributed by atoms with E-state index < -0.39 is 5.54 Å². The predicted molar refractivity (Wildman–Crippen MR) is 74.6 cm³/mol. The molecule has 4 heteroatoms. The van der Waals surface area contributed by atoms with Gasteiger partial charge in [-0.3, -0.25) is 0 Å². The van der Waals surface area contributed by atoms with Gasteiger partial charge in [-0.05, 0) is 31.0 Å². The van der Waals surface area contributed by atoms with E-state index in [1.807, 2.05) is 6.92 Å². The second-order valence-corrected chi connectivity index (χ2v) is 4.67. The lowest BCUT2D eigenvalue weighted by atomic mass is 9.89. The zero-order chi connectivity index (χ0) is 14.3. The molecule has 0 radical (unpaired) electrons. The number of rotatable bonds is 7. The molecule has 1 rings (SSSR count). The average molecular weight is 267 g/mol. The molecule has 0 bridgehead atoms. The Morgan fingerprint density at radius 3 is 2.68 bits per heavy atom. The summed E-state index contributed by atoms with van der Waals surface area (Å²) < 4.78 is 18.1. The molecule has 0 saturated heterocycles. The first kappa shape index (κ1) is 15.5. The van der Waals surface area contributed by atoms with Crippen molar-refractivity contribution in [3.63, 3.8) is 0 Å². The molecule has 3 nitrogen and oxygen atoms in total. The molecule has 0 saturated carbocycles. The quantitative estimate of drug-likeness (QED) is 0.765. The predicted octanol–water partition coefficient (Wildman–Crippen LogP) is 3.75. The summed E-state index contributed by atoms with van der Waals surface area (Å²) >= 11 is 0. The van der Waals surface area contributed by atoms with Gasteiger partial charge in [0.25, 0.3) is 0 Å². The van der Waals surface area contributed by atoms with Gasteiger partial charge in [0.05, 0.1) is 7.11 Å². The Morgan fingerprint density at radius 2 is 2.16 bits per heavy atom. The van der Waals surface area contributed by atoms with Crippen LogP contribution in [0.2, 0.25) is 0 Å². The Kier molecular flexibility index (Phi) is 5.80. The highest BCUT2D eigenvalue weighted by Gasteiger charge is 2.37.